The molecule has 0 saturated carbocycles. The standard InChI is InChI=1S/C6H8F7N/c7-4(8)1-14(2-5(9)10)3-6(11,12)13/h4-5H,1-3H2. The Morgan fingerprint density at radius 2 is 1.21 bits per heavy atom. The highest BCUT2D eigenvalue weighted by Gasteiger charge is 2.32. The maximum absolute atomic E-state index is 11.7. The van der Waals surface area contributed by atoms with Crippen LogP contribution in [0, 0.1) is 0 Å². The second-order valence-corrected chi connectivity index (χ2v) is 2.59. The fourth-order valence-electron chi connectivity index (χ4n) is 0.848. The predicted octanol–water partition coefficient (Wildman–Crippen LogP) is 2.38. The zero-order chi connectivity index (χ0) is 11.4. The summed E-state index contributed by atoms with van der Waals surface area (Å²) in [6, 6.07) is 0. The Balaban J connectivity index is 4.11. The van der Waals surface area contributed by atoms with E-state index in [2.05, 4.69) is 0 Å². The van der Waals surface area contributed by atoms with Crippen LogP contribution in [-0.2, 0) is 0 Å². The quantitative estimate of drug-likeness (QED) is 0.652. The molecule has 0 aromatic carbocycles. The van der Waals surface area contributed by atoms with E-state index >= 15 is 0 Å². The third-order valence-corrected chi connectivity index (χ3v) is 1.20. The first kappa shape index (κ1) is 13.5. The van der Waals surface area contributed by atoms with Crippen LogP contribution in [0.3, 0.4) is 0 Å². The molecule has 0 radical (unpaired) electrons. The van der Waals surface area contributed by atoms with Gasteiger partial charge in [-0.15, -0.1) is 0 Å². The molecule has 0 amide bonds. The summed E-state index contributed by atoms with van der Waals surface area (Å²) in [5.41, 5.74) is 0. The Morgan fingerprint density at radius 3 is 1.43 bits per heavy atom. The monoisotopic (exact) mass is 227 g/mol. The van der Waals surface area contributed by atoms with Gasteiger partial charge in [-0.1, -0.05) is 0 Å². The summed E-state index contributed by atoms with van der Waals surface area (Å²) in [6.07, 6.45) is -10.9. The third-order valence-electron chi connectivity index (χ3n) is 1.20. The molecule has 0 rings (SSSR count). The molecule has 14 heavy (non-hydrogen) atoms. The Bertz CT molecular complexity index is 145. The van der Waals surface area contributed by atoms with E-state index in [1.165, 1.54) is 0 Å². The molecule has 0 aliphatic heterocycles. The van der Waals surface area contributed by atoms with Crippen molar-refractivity contribution in [3.63, 3.8) is 0 Å². The first-order valence-corrected chi connectivity index (χ1v) is 3.56. The van der Waals surface area contributed by atoms with Crippen LogP contribution in [0.1, 0.15) is 0 Å². The van der Waals surface area contributed by atoms with Crippen molar-refractivity contribution in [3.05, 3.63) is 0 Å². The van der Waals surface area contributed by atoms with Gasteiger partial charge in [0, 0.05) is 0 Å². The van der Waals surface area contributed by atoms with E-state index in [-0.39, 0.29) is 4.90 Å². The molecule has 0 bridgehead atoms. The predicted molar refractivity (Wildman–Crippen MR) is 34.5 cm³/mol. The van der Waals surface area contributed by atoms with Gasteiger partial charge in [0.15, 0.2) is 0 Å². The molecule has 0 aromatic rings. The minimum Gasteiger partial charge on any atom is -0.284 e. The molecule has 0 spiro atoms. The number of hydrogen-bond donors (Lipinski definition) is 0. The molecule has 0 fully saturated rings. The van der Waals surface area contributed by atoms with Crippen molar-refractivity contribution < 1.29 is 30.7 Å². The van der Waals surface area contributed by atoms with Crippen LogP contribution in [0.25, 0.3) is 0 Å². The lowest BCUT2D eigenvalue weighted by Crippen LogP contribution is -2.40. The maximum atomic E-state index is 11.7. The highest BCUT2D eigenvalue weighted by atomic mass is 19.4. The van der Waals surface area contributed by atoms with E-state index in [9.17, 15) is 30.7 Å². The second-order valence-electron chi connectivity index (χ2n) is 2.59. The minimum atomic E-state index is -4.75. The van der Waals surface area contributed by atoms with Gasteiger partial charge in [-0.3, -0.25) is 4.90 Å². The fraction of sp³-hybridized carbons (Fsp3) is 1.00. The van der Waals surface area contributed by atoms with E-state index in [0.717, 1.165) is 0 Å². The van der Waals surface area contributed by atoms with Gasteiger partial charge in [-0.05, 0) is 0 Å². The van der Waals surface area contributed by atoms with Gasteiger partial charge >= 0.3 is 6.18 Å². The van der Waals surface area contributed by atoms with Crippen LogP contribution in [0.15, 0.2) is 0 Å². The van der Waals surface area contributed by atoms with E-state index in [0.29, 0.717) is 0 Å². The summed E-state index contributed by atoms with van der Waals surface area (Å²) in [6.45, 7) is -4.35. The van der Waals surface area contributed by atoms with E-state index in [1.54, 1.807) is 0 Å². The number of nitrogens with zero attached hydrogens (tertiary/aromatic N) is 1. The smallest absolute Gasteiger partial charge is 0.284 e. The molecule has 0 aliphatic rings. The molecule has 8 heteroatoms. The van der Waals surface area contributed by atoms with Gasteiger partial charge in [0.25, 0.3) is 12.9 Å². The maximum Gasteiger partial charge on any atom is 0.401 e. The van der Waals surface area contributed by atoms with Crippen LogP contribution in [0.5, 0.6) is 0 Å². The Hall–Kier alpha value is -0.530. The number of hydrogen-bond acceptors (Lipinski definition) is 1. The van der Waals surface area contributed by atoms with Crippen LogP contribution in [-0.4, -0.2) is 43.6 Å². The molecule has 1 nitrogen and oxygen atoms in total. The van der Waals surface area contributed by atoms with Gasteiger partial charge in [-0.2, -0.15) is 13.2 Å². The molecule has 0 heterocycles. The van der Waals surface area contributed by atoms with Gasteiger partial charge in [0.2, 0.25) is 0 Å². The highest BCUT2D eigenvalue weighted by molar-refractivity contribution is 4.65. The largest absolute Gasteiger partial charge is 0.401 e. The van der Waals surface area contributed by atoms with E-state index in [4.69, 9.17) is 0 Å². The fourth-order valence-corrected chi connectivity index (χ4v) is 0.848. The Morgan fingerprint density at radius 1 is 0.857 bits per heavy atom. The summed E-state index contributed by atoms with van der Waals surface area (Å²) in [7, 11) is 0. The van der Waals surface area contributed by atoms with Crippen LogP contribution in [0.2, 0.25) is 0 Å². The zero-order valence-corrected chi connectivity index (χ0v) is 6.87. The third kappa shape index (κ3) is 8.09. The molecule has 0 N–H and O–H groups in total. The van der Waals surface area contributed by atoms with Crippen LogP contribution in [0.4, 0.5) is 30.7 Å². The first-order valence-electron chi connectivity index (χ1n) is 3.56. The minimum absolute atomic E-state index is 0.0185. The van der Waals surface area contributed by atoms with E-state index in [1.807, 2.05) is 0 Å². The van der Waals surface area contributed by atoms with Gasteiger partial charge in [0.1, 0.15) is 0 Å². The summed E-state index contributed by atoms with van der Waals surface area (Å²) in [5, 5.41) is 0. The molecular formula is C6H8F7N. The van der Waals surface area contributed by atoms with E-state index < -0.39 is 38.7 Å². The van der Waals surface area contributed by atoms with Gasteiger partial charge in [-0.25, -0.2) is 17.6 Å². The van der Waals surface area contributed by atoms with Crippen LogP contribution < -0.4 is 0 Å². The van der Waals surface area contributed by atoms with Crippen molar-refractivity contribution >= 4 is 0 Å². The van der Waals surface area contributed by atoms with Crippen LogP contribution >= 0.6 is 0 Å². The van der Waals surface area contributed by atoms with Gasteiger partial charge < -0.3 is 0 Å². The van der Waals surface area contributed by atoms with Crippen molar-refractivity contribution in [1.29, 1.82) is 0 Å². The van der Waals surface area contributed by atoms with Crippen molar-refractivity contribution in [2.45, 2.75) is 19.0 Å². The van der Waals surface area contributed by atoms with Crippen molar-refractivity contribution in [3.8, 4) is 0 Å². The molecule has 0 unspecified atom stereocenters. The van der Waals surface area contributed by atoms with Crippen molar-refractivity contribution in [2.24, 2.45) is 0 Å². The normalized spacial score (nSPS) is 13.3. The lowest BCUT2D eigenvalue weighted by molar-refractivity contribution is -0.152. The summed E-state index contributed by atoms with van der Waals surface area (Å²) in [4.78, 5) is -0.0185. The summed E-state index contributed by atoms with van der Waals surface area (Å²) in [5.74, 6) is 0. The number of rotatable bonds is 5. The number of halogens is 7. The topological polar surface area (TPSA) is 3.24 Å². The molecule has 0 atom stereocenters. The molecular weight excluding hydrogens is 219 g/mol. The number of alkyl halides is 7. The Labute approximate surface area is 75.5 Å². The highest BCUT2D eigenvalue weighted by Crippen LogP contribution is 2.17. The van der Waals surface area contributed by atoms with Gasteiger partial charge in [0.05, 0.1) is 19.6 Å². The van der Waals surface area contributed by atoms with Crippen molar-refractivity contribution in [2.75, 3.05) is 19.6 Å². The summed E-state index contributed by atoms with van der Waals surface area (Å²) < 4.78 is 81.7. The second kappa shape index (κ2) is 5.38. The molecule has 0 aliphatic carbocycles. The summed E-state index contributed by atoms with van der Waals surface area (Å²) >= 11 is 0. The molecule has 0 saturated heterocycles. The Kier molecular flexibility index (Phi) is 5.17. The average molecular weight is 227 g/mol. The average Bonchev–Trinajstić information content (AvgIpc) is 1.77. The lowest BCUT2D eigenvalue weighted by atomic mass is 10.4. The lowest BCUT2D eigenvalue weighted by Gasteiger charge is -2.22. The molecule has 86 valence electrons. The van der Waals surface area contributed by atoms with Crippen molar-refractivity contribution in [1.82, 2.24) is 4.90 Å². The zero-order valence-electron chi connectivity index (χ0n) is 6.87. The molecule has 0 aromatic heterocycles. The first-order chi connectivity index (χ1) is 6.20. The SMILES string of the molecule is FC(F)CN(CC(F)F)CC(F)(F)F.